The summed E-state index contributed by atoms with van der Waals surface area (Å²) in [5.41, 5.74) is 2.63. The predicted molar refractivity (Wildman–Crippen MR) is 125 cm³/mol. The zero-order chi connectivity index (χ0) is 23.8. The van der Waals surface area contributed by atoms with Gasteiger partial charge in [-0.2, -0.15) is 10.4 Å². The summed E-state index contributed by atoms with van der Waals surface area (Å²) in [6.07, 6.45) is 0.540. The molecule has 1 aliphatic rings. The maximum atomic E-state index is 12.8. The van der Waals surface area contributed by atoms with E-state index in [9.17, 15) is 14.9 Å². The number of carbonyl (C=O) groups excluding carboxylic acids is 2. The molecule has 0 aromatic heterocycles. The van der Waals surface area contributed by atoms with E-state index in [4.69, 9.17) is 9.47 Å². The Morgan fingerprint density at radius 3 is 2.21 bits per heavy atom. The molecular formula is C25H28N4O4. The lowest BCUT2D eigenvalue weighted by Crippen LogP contribution is -2.43. The fourth-order valence-corrected chi connectivity index (χ4v) is 3.32. The molecule has 3 rings (SSSR count). The molecule has 2 aromatic carbocycles. The van der Waals surface area contributed by atoms with Crippen LogP contribution in [0.25, 0.3) is 0 Å². The van der Waals surface area contributed by atoms with Gasteiger partial charge in [0.05, 0.1) is 5.69 Å². The van der Waals surface area contributed by atoms with E-state index in [1.165, 1.54) is 0 Å². The van der Waals surface area contributed by atoms with E-state index in [0.717, 1.165) is 5.75 Å². The summed E-state index contributed by atoms with van der Waals surface area (Å²) in [5, 5.41) is 13.4. The summed E-state index contributed by atoms with van der Waals surface area (Å²) >= 11 is 0. The van der Waals surface area contributed by atoms with E-state index in [1.54, 1.807) is 29.2 Å². The van der Waals surface area contributed by atoms with Crippen molar-refractivity contribution < 1.29 is 19.1 Å². The van der Waals surface area contributed by atoms with Crippen LogP contribution in [0.3, 0.4) is 0 Å². The van der Waals surface area contributed by atoms with E-state index in [1.807, 2.05) is 57.2 Å². The maximum Gasteiger partial charge on any atom is 0.410 e. The summed E-state index contributed by atoms with van der Waals surface area (Å²) in [6.45, 7) is 6.25. The Kier molecular flexibility index (Phi) is 7.67. The number of nitrogens with zero attached hydrogens (tertiary/aromatic N) is 3. The molecule has 2 aromatic rings. The number of rotatable bonds is 6. The zero-order valence-electron chi connectivity index (χ0n) is 19.1. The van der Waals surface area contributed by atoms with Crippen LogP contribution in [0.4, 0.5) is 10.5 Å². The molecule has 1 fully saturated rings. The van der Waals surface area contributed by atoms with Crippen molar-refractivity contribution in [2.75, 3.05) is 18.5 Å². The molecule has 8 nitrogen and oxygen atoms in total. The van der Waals surface area contributed by atoms with Gasteiger partial charge in [0, 0.05) is 19.0 Å². The van der Waals surface area contributed by atoms with Gasteiger partial charge in [-0.1, -0.05) is 18.2 Å². The van der Waals surface area contributed by atoms with Crippen molar-refractivity contribution in [2.45, 2.75) is 39.2 Å². The lowest BCUT2D eigenvalue weighted by atomic mass is 9.90. The van der Waals surface area contributed by atoms with Gasteiger partial charge >= 0.3 is 6.09 Å². The molecule has 1 aliphatic heterocycles. The third-order valence-electron chi connectivity index (χ3n) is 4.99. The first-order chi connectivity index (χ1) is 15.7. The number of carbonyl (C=O) groups is 2. The standard InChI is InChI=1S/C25H28N4O4/c1-25(2,3)33-24(31)29-15-13-18(14-16-29)23(30)22(17-26)28-27-19-9-11-21(12-10-19)32-20-7-5-4-6-8-20/h4-12,18,27H,13-16H2,1-3H3/b28-22+. The number of ketones is 1. The Hall–Kier alpha value is -3.86. The molecule has 0 bridgehead atoms. The first-order valence-electron chi connectivity index (χ1n) is 10.8. The van der Waals surface area contributed by atoms with Crippen LogP contribution in [-0.4, -0.2) is 41.2 Å². The highest BCUT2D eigenvalue weighted by Crippen LogP contribution is 2.23. The molecule has 1 amide bonds. The maximum absolute atomic E-state index is 12.8. The third-order valence-corrected chi connectivity index (χ3v) is 4.99. The number of Topliss-reactive ketones (excluding diaryl/α,β-unsaturated/α-hetero) is 1. The van der Waals surface area contributed by atoms with Crippen molar-refractivity contribution in [3.63, 3.8) is 0 Å². The van der Waals surface area contributed by atoms with Crippen molar-refractivity contribution >= 4 is 23.3 Å². The van der Waals surface area contributed by atoms with E-state index in [0.29, 0.717) is 37.4 Å². The van der Waals surface area contributed by atoms with Crippen LogP contribution in [0.5, 0.6) is 11.5 Å². The first-order valence-corrected chi connectivity index (χ1v) is 10.8. The number of anilines is 1. The fraction of sp³-hybridized carbons (Fsp3) is 0.360. The normalized spacial score (nSPS) is 14.8. The minimum Gasteiger partial charge on any atom is -0.457 e. The molecule has 33 heavy (non-hydrogen) atoms. The number of piperidine rings is 1. The summed E-state index contributed by atoms with van der Waals surface area (Å²) in [7, 11) is 0. The Morgan fingerprint density at radius 2 is 1.64 bits per heavy atom. The Morgan fingerprint density at radius 1 is 1.03 bits per heavy atom. The monoisotopic (exact) mass is 448 g/mol. The van der Waals surface area contributed by atoms with Gasteiger partial charge in [-0.3, -0.25) is 10.2 Å². The van der Waals surface area contributed by atoms with Gasteiger partial charge in [0.2, 0.25) is 5.71 Å². The molecule has 0 atom stereocenters. The number of nitriles is 1. The lowest BCUT2D eigenvalue weighted by Gasteiger charge is -2.32. The molecule has 1 N–H and O–H groups in total. The van der Waals surface area contributed by atoms with E-state index >= 15 is 0 Å². The van der Waals surface area contributed by atoms with Crippen molar-refractivity contribution in [3.8, 4) is 17.6 Å². The second-order valence-electron chi connectivity index (χ2n) is 8.73. The van der Waals surface area contributed by atoms with Gasteiger partial charge in [0.1, 0.15) is 23.2 Å². The summed E-state index contributed by atoms with van der Waals surface area (Å²) in [4.78, 5) is 26.5. The summed E-state index contributed by atoms with van der Waals surface area (Å²) in [6, 6.07) is 18.3. The number of amides is 1. The molecule has 0 aliphatic carbocycles. The van der Waals surface area contributed by atoms with E-state index in [-0.39, 0.29) is 23.5 Å². The molecule has 8 heteroatoms. The second-order valence-corrected chi connectivity index (χ2v) is 8.73. The van der Waals surface area contributed by atoms with Crippen LogP contribution in [0.1, 0.15) is 33.6 Å². The van der Waals surface area contributed by atoms with Gasteiger partial charge in [0.25, 0.3) is 0 Å². The van der Waals surface area contributed by atoms with Gasteiger partial charge in [0.15, 0.2) is 5.78 Å². The summed E-state index contributed by atoms with van der Waals surface area (Å²) in [5.74, 6) is 0.707. The van der Waals surface area contributed by atoms with Crippen LogP contribution in [0.15, 0.2) is 59.7 Å². The average Bonchev–Trinajstić information content (AvgIpc) is 2.80. The largest absolute Gasteiger partial charge is 0.457 e. The van der Waals surface area contributed by atoms with Gasteiger partial charge < -0.3 is 14.4 Å². The highest BCUT2D eigenvalue weighted by atomic mass is 16.6. The molecule has 1 heterocycles. The number of hydrogen-bond acceptors (Lipinski definition) is 7. The number of likely N-dealkylation sites (tertiary alicyclic amines) is 1. The molecule has 0 unspecified atom stereocenters. The topological polar surface area (TPSA) is 104 Å². The van der Waals surface area contributed by atoms with E-state index < -0.39 is 5.60 Å². The van der Waals surface area contributed by atoms with Crippen molar-refractivity contribution in [1.82, 2.24) is 4.90 Å². The summed E-state index contributed by atoms with van der Waals surface area (Å²) < 4.78 is 11.1. The Balaban J connectivity index is 1.54. The van der Waals surface area contributed by atoms with E-state index in [2.05, 4.69) is 10.5 Å². The Bertz CT molecular complexity index is 1030. The quantitative estimate of drug-likeness (QED) is 0.493. The molecular weight excluding hydrogens is 420 g/mol. The fourth-order valence-electron chi connectivity index (χ4n) is 3.32. The number of benzene rings is 2. The third kappa shape index (κ3) is 7.07. The lowest BCUT2D eigenvalue weighted by molar-refractivity contribution is -0.117. The van der Waals surface area contributed by atoms with Crippen LogP contribution < -0.4 is 10.2 Å². The predicted octanol–water partition coefficient (Wildman–Crippen LogP) is 4.99. The SMILES string of the molecule is CC(C)(C)OC(=O)N1CCC(C(=O)/C(C#N)=N/Nc2ccc(Oc3ccccc3)cc2)CC1. The van der Waals surface area contributed by atoms with Crippen molar-refractivity contribution in [2.24, 2.45) is 11.0 Å². The molecule has 0 radical (unpaired) electrons. The highest BCUT2D eigenvalue weighted by molar-refractivity contribution is 6.46. The number of ether oxygens (including phenoxy) is 2. The number of nitrogens with one attached hydrogen (secondary N) is 1. The minimum absolute atomic E-state index is 0.185. The second kappa shape index (κ2) is 10.6. The number of hydrogen-bond donors (Lipinski definition) is 1. The first kappa shape index (κ1) is 23.8. The van der Waals surface area contributed by atoms with Crippen LogP contribution >= 0.6 is 0 Å². The Labute approximate surface area is 193 Å². The molecule has 172 valence electrons. The van der Waals surface area contributed by atoms with Crippen molar-refractivity contribution in [3.05, 3.63) is 54.6 Å². The van der Waals surface area contributed by atoms with Gasteiger partial charge in [-0.25, -0.2) is 4.79 Å². The van der Waals surface area contributed by atoms with Gasteiger partial charge in [-0.15, -0.1) is 0 Å². The van der Waals surface area contributed by atoms with Crippen molar-refractivity contribution in [1.29, 1.82) is 5.26 Å². The molecule has 1 saturated heterocycles. The highest BCUT2D eigenvalue weighted by Gasteiger charge is 2.31. The van der Waals surface area contributed by atoms with Crippen LogP contribution in [0, 0.1) is 17.2 Å². The zero-order valence-corrected chi connectivity index (χ0v) is 19.1. The smallest absolute Gasteiger partial charge is 0.410 e. The van der Waals surface area contributed by atoms with Gasteiger partial charge in [-0.05, 0) is 70.0 Å². The molecule has 0 spiro atoms. The number of hydrazone groups is 1. The number of para-hydroxylation sites is 1. The minimum atomic E-state index is -0.568. The average molecular weight is 449 g/mol. The van der Waals surface area contributed by atoms with Crippen LogP contribution in [-0.2, 0) is 9.53 Å². The molecule has 0 saturated carbocycles. The van der Waals surface area contributed by atoms with Crippen LogP contribution in [0.2, 0.25) is 0 Å².